The molecule has 0 amide bonds. The topological polar surface area (TPSA) is 0 Å². The van der Waals surface area contributed by atoms with Crippen LogP contribution >= 0.6 is 0 Å². The van der Waals surface area contributed by atoms with Gasteiger partial charge in [0.2, 0.25) is 0 Å². The van der Waals surface area contributed by atoms with Gasteiger partial charge in [-0.25, -0.2) is 0 Å². The minimum atomic E-state index is 1.31. The van der Waals surface area contributed by atoms with E-state index in [4.69, 9.17) is 0 Å². The molecule has 0 radical (unpaired) electrons. The maximum Gasteiger partial charge on any atom is -0.0152 e. The molecule has 0 unspecified atom stereocenters. The SMILES string of the molecule is Cc1ccc(C)c2c1CCCC2.Cc1ccc(C)c2ccccc12.Cc1ccc2cc(C)ccc2c1.Cc1ccc2ccc(C)cc2c1.Cc1cccc2c(C)cccc12. The van der Waals surface area contributed by atoms with Gasteiger partial charge < -0.3 is 0 Å². The van der Waals surface area contributed by atoms with Crippen LogP contribution in [0.15, 0.2) is 158 Å². The van der Waals surface area contributed by atoms with Gasteiger partial charge in [-0.3, -0.25) is 0 Å². The van der Waals surface area contributed by atoms with Crippen molar-refractivity contribution >= 4 is 43.1 Å². The number of fused-ring (bicyclic) bond motifs is 5. The molecule has 0 heteroatoms. The van der Waals surface area contributed by atoms with Crippen LogP contribution in [0.3, 0.4) is 0 Å². The summed E-state index contributed by atoms with van der Waals surface area (Å²) >= 11 is 0. The van der Waals surface area contributed by atoms with Gasteiger partial charge in [0.15, 0.2) is 0 Å². The lowest BCUT2D eigenvalue weighted by atomic mass is 9.86. The Morgan fingerprint density at radius 1 is 0.250 bits per heavy atom. The zero-order valence-corrected chi connectivity index (χ0v) is 37.8. The van der Waals surface area contributed by atoms with E-state index in [0.29, 0.717) is 0 Å². The van der Waals surface area contributed by atoms with E-state index in [1.54, 1.807) is 11.1 Å². The Balaban J connectivity index is 0.000000126. The fourth-order valence-corrected chi connectivity index (χ4v) is 8.42. The van der Waals surface area contributed by atoms with Crippen molar-refractivity contribution in [1.29, 1.82) is 0 Å². The van der Waals surface area contributed by atoms with Crippen LogP contribution in [0.2, 0.25) is 0 Å². The van der Waals surface area contributed by atoms with Gasteiger partial charge in [-0.1, -0.05) is 180 Å². The van der Waals surface area contributed by atoms with Crippen molar-refractivity contribution in [3.05, 3.63) is 224 Å². The molecule has 0 nitrogen and oxygen atoms in total. The molecule has 0 N–H and O–H groups in total. The molecule has 10 rings (SSSR count). The second-order valence-electron chi connectivity index (χ2n) is 17.1. The molecule has 9 aromatic carbocycles. The molecule has 1 aliphatic rings. The second-order valence-corrected chi connectivity index (χ2v) is 17.1. The van der Waals surface area contributed by atoms with Gasteiger partial charge in [0, 0.05) is 0 Å². The maximum absolute atomic E-state index is 2.26. The fourth-order valence-electron chi connectivity index (χ4n) is 8.42. The number of benzene rings is 9. The Morgan fingerprint density at radius 3 is 0.933 bits per heavy atom. The van der Waals surface area contributed by atoms with E-state index >= 15 is 0 Å². The normalized spacial score (nSPS) is 11.6. The van der Waals surface area contributed by atoms with Gasteiger partial charge in [-0.2, -0.15) is 0 Å². The number of hydrogen-bond donors (Lipinski definition) is 0. The first-order chi connectivity index (χ1) is 28.9. The number of rotatable bonds is 0. The minimum absolute atomic E-state index is 1.31. The van der Waals surface area contributed by atoms with E-state index in [9.17, 15) is 0 Å². The summed E-state index contributed by atoms with van der Waals surface area (Å²) in [5.41, 5.74) is 17.0. The lowest BCUT2D eigenvalue weighted by molar-refractivity contribution is 0.678. The van der Waals surface area contributed by atoms with Gasteiger partial charge in [0.05, 0.1) is 0 Å². The molecule has 0 aromatic heterocycles. The lowest BCUT2D eigenvalue weighted by Crippen LogP contribution is -2.06. The van der Waals surface area contributed by atoms with Crippen molar-refractivity contribution in [2.24, 2.45) is 0 Å². The van der Waals surface area contributed by atoms with E-state index in [2.05, 4.69) is 227 Å². The van der Waals surface area contributed by atoms with E-state index < -0.39 is 0 Å². The molecule has 0 atom stereocenters. The smallest absolute Gasteiger partial charge is 0.0152 e. The molecular weight excluding hydrogens is 721 g/mol. The zero-order chi connectivity index (χ0) is 42.8. The summed E-state index contributed by atoms with van der Waals surface area (Å²) in [5, 5.41) is 10.8. The van der Waals surface area contributed by atoms with Crippen LogP contribution in [-0.2, 0) is 12.8 Å². The summed E-state index contributed by atoms with van der Waals surface area (Å²) in [6.45, 7) is 21.6. The summed E-state index contributed by atoms with van der Waals surface area (Å²) in [6.07, 6.45) is 5.39. The molecule has 0 saturated heterocycles. The van der Waals surface area contributed by atoms with Crippen molar-refractivity contribution < 1.29 is 0 Å². The van der Waals surface area contributed by atoms with Crippen LogP contribution in [0, 0.1) is 69.2 Å². The van der Waals surface area contributed by atoms with E-state index in [0.717, 1.165) is 0 Å². The Bertz CT molecular complexity index is 2640. The standard InChI is InChI=1S/3C12H12.C12H16.C12H12/c1-9-3-5-12-8-10(2)4-6-11(12)7-9;1-9-3-5-11-6-4-10(2)8-12(11)7-9;1-9-5-3-8-12-10(2)6-4-7-11(9)12;2*1-9-7-8-10(2)12-6-4-3-5-11(9)12/h3*3-8H,1-2H3;7-8H,3-6H2,1-2H3;3-8H,1-2H3. The molecule has 1 aliphatic carbocycles. The van der Waals surface area contributed by atoms with E-state index in [1.807, 2.05) is 0 Å². The molecular formula is C60H64. The number of aryl methyl sites for hydroxylation is 10. The van der Waals surface area contributed by atoms with Crippen LogP contribution in [0.4, 0.5) is 0 Å². The van der Waals surface area contributed by atoms with Crippen LogP contribution in [0.5, 0.6) is 0 Å². The van der Waals surface area contributed by atoms with Gasteiger partial charge in [0.25, 0.3) is 0 Å². The highest BCUT2D eigenvalue weighted by atomic mass is 14.2. The Labute approximate surface area is 361 Å². The molecule has 0 aliphatic heterocycles. The highest BCUT2D eigenvalue weighted by Gasteiger charge is 2.12. The first kappa shape index (κ1) is 43.6. The van der Waals surface area contributed by atoms with E-state index in [-0.39, 0.29) is 0 Å². The summed E-state index contributed by atoms with van der Waals surface area (Å²) < 4.78 is 0. The highest BCUT2D eigenvalue weighted by Crippen LogP contribution is 2.27. The summed E-state index contributed by atoms with van der Waals surface area (Å²) in [4.78, 5) is 0. The maximum atomic E-state index is 2.26. The Hall–Kier alpha value is -5.98. The summed E-state index contributed by atoms with van der Waals surface area (Å²) in [7, 11) is 0. The highest BCUT2D eigenvalue weighted by molar-refractivity contribution is 5.89. The Morgan fingerprint density at radius 2 is 0.550 bits per heavy atom. The summed E-state index contributed by atoms with van der Waals surface area (Å²) in [6, 6.07) is 56.5. The minimum Gasteiger partial charge on any atom is -0.0616 e. The molecule has 60 heavy (non-hydrogen) atoms. The molecule has 0 saturated carbocycles. The van der Waals surface area contributed by atoms with Gasteiger partial charge in [-0.15, -0.1) is 0 Å². The number of hydrogen-bond acceptors (Lipinski definition) is 0. The van der Waals surface area contributed by atoms with Crippen molar-refractivity contribution in [2.45, 2.75) is 94.9 Å². The third-order valence-corrected chi connectivity index (χ3v) is 12.0. The second kappa shape index (κ2) is 20.3. The van der Waals surface area contributed by atoms with Crippen LogP contribution in [0.25, 0.3) is 43.1 Å². The van der Waals surface area contributed by atoms with Gasteiger partial charge >= 0.3 is 0 Å². The van der Waals surface area contributed by atoms with Crippen molar-refractivity contribution in [3.63, 3.8) is 0 Å². The predicted molar refractivity (Wildman–Crippen MR) is 266 cm³/mol. The van der Waals surface area contributed by atoms with Gasteiger partial charge in [-0.05, 0) is 183 Å². The molecule has 304 valence electrons. The first-order valence-corrected chi connectivity index (χ1v) is 21.8. The van der Waals surface area contributed by atoms with Crippen LogP contribution in [-0.4, -0.2) is 0 Å². The fraction of sp³-hybridized carbons (Fsp3) is 0.233. The molecule has 0 spiro atoms. The monoisotopic (exact) mass is 785 g/mol. The average Bonchev–Trinajstić information content (AvgIpc) is 3.25. The van der Waals surface area contributed by atoms with Gasteiger partial charge in [0.1, 0.15) is 0 Å². The largest absolute Gasteiger partial charge is 0.0616 e. The third-order valence-electron chi connectivity index (χ3n) is 12.0. The predicted octanol–water partition coefficient (Wildman–Crippen LogP) is 17.0. The van der Waals surface area contributed by atoms with Crippen LogP contribution < -0.4 is 0 Å². The van der Waals surface area contributed by atoms with E-state index in [1.165, 1.54) is 124 Å². The van der Waals surface area contributed by atoms with Crippen LogP contribution in [0.1, 0.15) is 79.6 Å². The van der Waals surface area contributed by atoms with Crippen molar-refractivity contribution in [2.75, 3.05) is 0 Å². The van der Waals surface area contributed by atoms with Crippen molar-refractivity contribution in [3.8, 4) is 0 Å². The quantitative estimate of drug-likeness (QED) is 0.144. The lowest BCUT2D eigenvalue weighted by Gasteiger charge is -2.19. The zero-order valence-electron chi connectivity index (χ0n) is 37.8. The molecule has 0 fully saturated rings. The molecule has 9 aromatic rings. The average molecular weight is 785 g/mol. The first-order valence-electron chi connectivity index (χ1n) is 21.8. The summed E-state index contributed by atoms with van der Waals surface area (Å²) in [5.74, 6) is 0. The van der Waals surface area contributed by atoms with Crippen molar-refractivity contribution in [1.82, 2.24) is 0 Å². The Kier molecular flexibility index (Phi) is 14.8. The molecule has 0 bridgehead atoms. The molecule has 0 heterocycles. The third kappa shape index (κ3) is 11.2.